The van der Waals surface area contributed by atoms with Crippen LogP contribution in [0, 0.1) is 0 Å². The zero-order valence-corrected chi connectivity index (χ0v) is 20.6. The number of anilines is 3. The van der Waals surface area contributed by atoms with Gasteiger partial charge < -0.3 is 24.6 Å². The second kappa shape index (κ2) is 11.3. The Kier molecular flexibility index (Phi) is 7.97. The van der Waals surface area contributed by atoms with E-state index in [-0.39, 0.29) is 11.7 Å². The first kappa shape index (κ1) is 24.0. The van der Waals surface area contributed by atoms with E-state index in [0.717, 1.165) is 43.4 Å². The van der Waals surface area contributed by atoms with Gasteiger partial charge >= 0.3 is 0 Å². The van der Waals surface area contributed by atoms with E-state index < -0.39 is 0 Å². The summed E-state index contributed by atoms with van der Waals surface area (Å²) in [6.07, 6.45) is 1.73. The summed E-state index contributed by atoms with van der Waals surface area (Å²) in [5.74, 6) is 2.33. The van der Waals surface area contributed by atoms with Gasteiger partial charge in [-0.15, -0.1) is 0 Å². The van der Waals surface area contributed by atoms with Crippen molar-refractivity contribution in [1.82, 2.24) is 9.97 Å². The van der Waals surface area contributed by atoms with Gasteiger partial charge in [-0.3, -0.25) is 4.79 Å². The Morgan fingerprint density at radius 3 is 2.50 bits per heavy atom. The summed E-state index contributed by atoms with van der Waals surface area (Å²) in [6, 6.07) is 15.1. The van der Waals surface area contributed by atoms with Gasteiger partial charge in [0.05, 0.1) is 30.7 Å². The number of piperazine rings is 1. The normalized spacial score (nSPS) is 13.5. The maximum Gasteiger partial charge on any atom is 0.234 e. The van der Waals surface area contributed by atoms with Crippen molar-refractivity contribution in [2.24, 2.45) is 0 Å². The largest absolute Gasteiger partial charge is 0.495 e. The van der Waals surface area contributed by atoms with Crippen LogP contribution in [0.2, 0.25) is 5.02 Å². The van der Waals surface area contributed by atoms with E-state index in [1.165, 1.54) is 11.8 Å². The van der Waals surface area contributed by atoms with Crippen LogP contribution in [0.15, 0.2) is 59.9 Å². The molecule has 2 heterocycles. The lowest BCUT2D eigenvalue weighted by Crippen LogP contribution is -2.47. The summed E-state index contributed by atoms with van der Waals surface area (Å²) in [4.78, 5) is 25.9. The summed E-state index contributed by atoms with van der Waals surface area (Å²) >= 11 is 7.42. The topological polar surface area (TPSA) is 79.8 Å². The van der Waals surface area contributed by atoms with Crippen molar-refractivity contribution in [3.8, 4) is 11.5 Å². The van der Waals surface area contributed by atoms with E-state index in [2.05, 4.69) is 31.2 Å². The Morgan fingerprint density at radius 2 is 1.76 bits per heavy atom. The molecule has 1 aliphatic rings. The van der Waals surface area contributed by atoms with Crippen LogP contribution >= 0.6 is 23.4 Å². The molecular weight excluding hydrogens is 474 g/mol. The molecule has 34 heavy (non-hydrogen) atoms. The number of hydrogen-bond donors (Lipinski definition) is 1. The molecule has 0 aliphatic carbocycles. The number of thioether (sulfide) groups is 1. The fourth-order valence-corrected chi connectivity index (χ4v) is 4.60. The summed E-state index contributed by atoms with van der Waals surface area (Å²) in [6.45, 7) is 3.38. The van der Waals surface area contributed by atoms with Crippen LogP contribution in [0.3, 0.4) is 0 Å². The van der Waals surface area contributed by atoms with E-state index >= 15 is 0 Å². The number of ether oxygens (including phenoxy) is 2. The molecule has 1 saturated heterocycles. The van der Waals surface area contributed by atoms with E-state index in [4.69, 9.17) is 21.1 Å². The third-order valence-electron chi connectivity index (χ3n) is 5.42. The fourth-order valence-electron chi connectivity index (χ4n) is 3.72. The molecule has 1 aromatic heterocycles. The van der Waals surface area contributed by atoms with Gasteiger partial charge in [-0.2, -0.15) is 0 Å². The van der Waals surface area contributed by atoms with Gasteiger partial charge in [-0.1, -0.05) is 35.5 Å². The molecule has 0 bridgehead atoms. The number of carbonyl (C=O) groups is 1. The Labute approximate surface area is 208 Å². The standard InChI is InChI=1S/C24H26ClN5O3S/c1-32-20-8-7-17(15-18(20)25)27-23(31)16-34-24-26-10-9-22(28-24)30-13-11-29(12-14-30)19-5-3-4-6-21(19)33-2/h3-10,15H,11-14,16H2,1-2H3,(H,27,31). The fraction of sp³-hybridized carbons (Fsp3) is 0.292. The lowest BCUT2D eigenvalue weighted by atomic mass is 10.2. The van der Waals surface area contributed by atoms with Gasteiger partial charge in [0.25, 0.3) is 0 Å². The highest BCUT2D eigenvalue weighted by molar-refractivity contribution is 7.99. The SMILES string of the molecule is COc1ccc(NC(=O)CSc2nccc(N3CCN(c4ccccc4OC)CC3)n2)cc1Cl. The van der Waals surface area contributed by atoms with Crippen LogP contribution in [0.4, 0.5) is 17.2 Å². The molecule has 0 spiro atoms. The first-order valence-electron chi connectivity index (χ1n) is 10.8. The van der Waals surface area contributed by atoms with E-state index in [1.807, 2.05) is 24.3 Å². The van der Waals surface area contributed by atoms with E-state index in [1.54, 1.807) is 38.6 Å². The quantitative estimate of drug-likeness (QED) is 0.365. The number of amides is 1. The first-order valence-corrected chi connectivity index (χ1v) is 12.2. The molecule has 0 unspecified atom stereocenters. The van der Waals surface area contributed by atoms with Crippen LogP contribution in [0.25, 0.3) is 0 Å². The molecule has 8 nitrogen and oxygen atoms in total. The number of methoxy groups -OCH3 is 2. The van der Waals surface area contributed by atoms with Crippen molar-refractivity contribution < 1.29 is 14.3 Å². The van der Waals surface area contributed by atoms with Crippen LogP contribution in [-0.2, 0) is 4.79 Å². The van der Waals surface area contributed by atoms with E-state index in [9.17, 15) is 4.79 Å². The molecule has 2 aromatic carbocycles. The predicted octanol–water partition coefficient (Wildman–Crippen LogP) is 4.20. The molecule has 3 aromatic rings. The lowest BCUT2D eigenvalue weighted by molar-refractivity contribution is -0.113. The second-order valence-electron chi connectivity index (χ2n) is 7.53. The number of para-hydroxylation sites is 2. The van der Waals surface area contributed by atoms with Gasteiger partial charge in [0.15, 0.2) is 5.16 Å². The molecule has 0 saturated carbocycles. The number of aromatic nitrogens is 2. The van der Waals surface area contributed by atoms with Gasteiger partial charge in [0, 0.05) is 38.1 Å². The molecule has 0 atom stereocenters. The number of nitrogens with zero attached hydrogens (tertiary/aromatic N) is 4. The van der Waals surface area contributed by atoms with Crippen LogP contribution in [-0.4, -0.2) is 62.0 Å². The molecule has 10 heteroatoms. The number of rotatable bonds is 8. The molecule has 0 radical (unpaired) electrons. The summed E-state index contributed by atoms with van der Waals surface area (Å²) in [5, 5.41) is 3.83. The Bertz CT molecular complexity index is 1140. The van der Waals surface area contributed by atoms with Crippen molar-refractivity contribution in [2.75, 3.05) is 61.3 Å². The average molecular weight is 500 g/mol. The van der Waals surface area contributed by atoms with Crippen LogP contribution in [0.1, 0.15) is 0 Å². The minimum atomic E-state index is -0.161. The highest BCUT2D eigenvalue weighted by Gasteiger charge is 2.21. The van der Waals surface area contributed by atoms with Gasteiger partial charge in [-0.05, 0) is 36.4 Å². The molecule has 178 valence electrons. The maximum atomic E-state index is 12.4. The number of halogens is 1. The van der Waals surface area contributed by atoms with Gasteiger partial charge in [0.2, 0.25) is 5.91 Å². The highest BCUT2D eigenvalue weighted by Crippen LogP contribution is 2.30. The van der Waals surface area contributed by atoms with Crippen molar-refractivity contribution in [2.45, 2.75) is 5.16 Å². The van der Waals surface area contributed by atoms with Crippen molar-refractivity contribution in [3.63, 3.8) is 0 Å². The number of carbonyl (C=O) groups excluding carboxylic acids is 1. The maximum absolute atomic E-state index is 12.4. The summed E-state index contributed by atoms with van der Waals surface area (Å²) < 4.78 is 10.6. The Hall–Kier alpha value is -3.17. The lowest BCUT2D eigenvalue weighted by Gasteiger charge is -2.37. The van der Waals surface area contributed by atoms with Crippen LogP contribution in [0.5, 0.6) is 11.5 Å². The van der Waals surface area contributed by atoms with Crippen LogP contribution < -0.4 is 24.6 Å². The monoisotopic (exact) mass is 499 g/mol. The van der Waals surface area contributed by atoms with Gasteiger partial charge in [-0.25, -0.2) is 9.97 Å². The first-order chi connectivity index (χ1) is 16.6. The smallest absolute Gasteiger partial charge is 0.234 e. The second-order valence-corrected chi connectivity index (χ2v) is 8.88. The third-order valence-corrected chi connectivity index (χ3v) is 6.57. The zero-order valence-electron chi connectivity index (χ0n) is 19.0. The van der Waals surface area contributed by atoms with Crippen molar-refractivity contribution in [1.29, 1.82) is 0 Å². The molecule has 1 aliphatic heterocycles. The number of benzene rings is 2. The zero-order chi connectivity index (χ0) is 23.9. The minimum absolute atomic E-state index is 0.161. The number of nitrogens with one attached hydrogen (secondary N) is 1. The summed E-state index contributed by atoms with van der Waals surface area (Å²) in [7, 11) is 3.24. The highest BCUT2D eigenvalue weighted by atomic mass is 35.5. The summed E-state index contributed by atoms with van der Waals surface area (Å²) in [5.41, 5.74) is 1.71. The van der Waals surface area contributed by atoms with Crippen molar-refractivity contribution in [3.05, 3.63) is 59.8 Å². The van der Waals surface area contributed by atoms with Gasteiger partial charge in [0.1, 0.15) is 17.3 Å². The molecule has 4 rings (SSSR count). The average Bonchev–Trinajstić information content (AvgIpc) is 2.88. The third kappa shape index (κ3) is 5.84. The molecular formula is C24H26ClN5O3S. The molecule has 1 fully saturated rings. The molecule has 1 amide bonds. The Morgan fingerprint density at radius 1 is 1.03 bits per heavy atom. The number of hydrogen-bond acceptors (Lipinski definition) is 8. The van der Waals surface area contributed by atoms with E-state index in [0.29, 0.717) is 21.6 Å². The predicted molar refractivity (Wildman–Crippen MR) is 137 cm³/mol. The Balaban J connectivity index is 1.31. The molecule has 1 N–H and O–H groups in total. The van der Waals surface area contributed by atoms with Crippen molar-refractivity contribution >= 4 is 46.5 Å². The minimum Gasteiger partial charge on any atom is -0.495 e.